The van der Waals surface area contributed by atoms with Crippen LogP contribution in [0, 0.1) is 11.3 Å². The average molecular weight is 404 g/mol. The first kappa shape index (κ1) is 22.1. The zero-order chi connectivity index (χ0) is 21.3. The number of hydroxylamine groups is 2. The lowest BCUT2D eigenvalue weighted by atomic mass is 10.00. The number of hydrogen-bond acceptors (Lipinski definition) is 10. The Balaban J connectivity index is 2.67. The number of alkyl halides is 1. The summed E-state index contributed by atoms with van der Waals surface area (Å²) in [4.78, 5) is 25.4. The Morgan fingerprint density at radius 3 is 2.68 bits per heavy atom. The number of aromatic nitrogens is 2. The lowest BCUT2D eigenvalue weighted by Gasteiger charge is -2.43. The number of aromatic amines is 1. The quantitative estimate of drug-likeness (QED) is 0.162. The lowest BCUT2D eigenvalue weighted by molar-refractivity contribution is -0.428. The van der Waals surface area contributed by atoms with E-state index >= 15 is 0 Å². The van der Waals surface area contributed by atoms with Gasteiger partial charge in [-0.05, 0) is 12.8 Å². The molecule has 1 aromatic heterocycles. The third kappa shape index (κ3) is 3.25. The predicted octanol–water partition coefficient (Wildman–Crippen LogP) is -2.37. The van der Waals surface area contributed by atoms with Gasteiger partial charge in [-0.1, -0.05) is 13.3 Å². The first-order valence-electron chi connectivity index (χ1n) is 8.38. The van der Waals surface area contributed by atoms with Crippen molar-refractivity contribution in [1.29, 1.82) is 5.26 Å². The molecule has 1 unspecified atom stereocenters. The normalized spacial score (nSPS) is 31.1. The van der Waals surface area contributed by atoms with Crippen LogP contribution in [0.1, 0.15) is 31.7 Å². The van der Waals surface area contributed by atoms with Crippen molar-refractivity contribution in [1.82, 2.24) is 14.6 Å². The highest BCUT2D eigenvalue weighted by molar-refractivity contribution is 5.22. The Hall–Kier alpha value is -2.18. The number of H-pyrrole nitrogens is 1. The maximum atomic E-state index is 14.4. The SMILES string of the molecule is CCCCC(F)N(O)[C@@]1(O)[C@H](O)[C@@H](CO)O[C@]1(O)n1cc(C#N)c(=O)[nH]c1=O. The van der Waals surface area contributed by atoms with Crippen molar-refractivity contribution in [2.24, 2.45) is 0 Å². The molecular weight excluding hydrogens is 383 g/mol. The Labute approximate surface area is 157 Å². The van der Waals surface area contributed by atoms with E-state index in [-0.39, 0.29) is 17.4 Å². The highest BCUT2D eigenvalue weighted by Crippen LogP contribution is 2.44. The van der Waals surface area contributed by atoms with E-state index < -0.39 is 58.6 Å². The third-order valence-corrected chi connectivity index (χ3v) is 4.54. The fourth-order valence-corrected chi connectivity index (χ4v) is 2.95. The van der Waals surface area contributed by atoms with E-state index in [0.717, 1.165) is 0 Å². The number of nitrogens with zero attached hydrogens (tertiary/aromatic N) is 3. The molecule has 5 atom stereocenters. The smallest absolute Gasteiger partial charge is 0.332 e. The monoisotopic (exact) mass is 404 g/mol. The van der Waals surface area contributed by atoms with E-state index in [1.54, 1.807) is 11.9 Å². The maximum absolute atomic E-state index is 14.4. The minimum Gasteiger partial charge on any atom is -0.394 e. The Morgan fingerprint density at radius 1 is 1.50 bits per heavy atom. The van der Waals surface area contributed by atoms with Crippen molar-refractivity contribution in [3.63, 3.8) is 0 Å². The minimum atomic E-state index is -3.39. The molecule has 2 heterocycles. The molecule has 1 aromatic rings. The summed E-state index contributed by atoms with van der Waals surface area (Å²) in [5, 5.41) is 60.2. The van der Waals surface area contributed by atoms with Crippen LogP contribution >= 0.6 is 0 Å². The van der Waals surface area contributed by atoms with E-state index in [1.165, 1.54) is 6.07 Å². The van der Waals surface area contributed by atoms with Crippen LogP contribution in [0.3, 0.4) is 0 Å². The van der Waals surface area contributed by atoms with Crippen LogP contribution in [0.4, 0.5) is 4.39 Å². The van der Waals surface area contributed by atoms with Crippen molar-refractivity contribution in [2.75, 3.05) is 6.61 Å². The van der Waals surface area contributed by atoms with Crippen molar-refractivity contribution in [2.45, 2.75) is 56.3 Å². The number of nitrogens with one attached hydrogen (secondary N) is 1. The van der Waals surface area contributed by atoms with Gasteiger partial charge in [0, 0.05) is 6.20 Å². The molecule has 1 aliphatic heterocycles. The summed E-state index contributed by atoms with van der Waals surface area (Å²) >= 11 is 0. The predicted molar refractivity (Wildman–Crippen MR) is 87.2 cm³/mol. The summed E-state index contributed by atoms with van der Waals surface area (Å²) in [6, 6.07) is 1.43. The van der Waals surface area contributed by atoms with E-state index in [9.17, 15) is 39.6 Å². The van der Waals surface area contributed by atoms with Gasteiger partial charge in [0.1, 0.15) is 23.8 Å². The fraction of sp³-hybridized carbons (Fsp3) is 0.667. The molecule has 6 N–H and O–H groups in total. The van der Waals surface area contributed by atoms with E-state index in [4.69, 9.17) is 10.00 Å². The largest absolute Gasteiger partial charge is 0.394 e. The zero-order valence-electron chi connectivity index (χ0n) is 14.8. The second-order valence-electron chi connectivity index (χ2n) is 6.32. The molecule has 0 spiro atoms. The van der Waals surface area contributed by atoms with Gasteiger partial charge in [0.25, 0.3) is 5.56 Å². The van der Waals surface area contributed by atoms with Gasteiger partial charge in [-0.3, -0.25) is 9.78 Å². The molecule has 1 fully saturated rings. The minimum absolute atomic E-state index is 0.113. The average Bonchev–Trinajstić information content (AvgIpc) is 2.87. The molecule has 2 rings (SSSR count). The van der Waals surface area contributed by atoms with Gasteiger partial charge in [-0.15, -0.1) is 5.06 Å². The molecule has 0 amide bonds. The summed E-state index contributed by atoms with van der Waals surface area (Å²) < 4.78 is 19.5. The number of unbranched alkanes of at least 4 members (excludes halogenated alkanes) is 1. The second kappa shape index (κ2) is 8.05. The van der Waals surface area contributed by atoms with E-state index in [0.29, 0.717) is 12.6 Å². The first-order valence-corrected chi connectivity index (χ1v) is 8.38. The van der Waals surface area contributed by atoms with Crippen LogP contribution in [-0.2, 0) is 10.6 Å². The van der Waals surface area contributed by atoms with E-state index in [2.05, 4.69) is 0 Å². The van der Waals surface area contributed by atoms with Gasteiger partial charge in [-0.2, -0.15) is 5.26 Å². The molecule has 0 radical (unpaired) electrons. The number of halogens is 1. The molecule has 28 heavy (non-hydrogen) atoms. The van der Waals surface area contributed by atoms with Gasteiger partial charge < -0.3 is 30.4 Å². The lowest BCUT2D eigenvalue weighted by Crippen LogP contribution is -2.69. The molecule has 0 aliphatic carbocycles. The Bertz CT molecular complexity index is 869. The standard InChI is InChI=1S/C15H21FN4O8/c1-2-3-4-10(16)20(27)14(25)11(22)9(7-21)28-15(14,26)19-6-8(5-17)12(23)18-13(19)24/h6,9-11,21-22,25-27H,2-4,7H2,1H3,(H,18,23,24)/t9-,10?,11-,14-,15+/m1/s1. The fourth-order valence-electron chi connectivity index (χ4n) is 2.95. The molecule has 1 saturated heterocycles. The van der Waals surface area contributed by atoms with Gasteiger partial charge in [0.2, 0.25) is 5.72 Å². The van der Waals surface area contributed by atoms with Crippen LogP contribution in [0.2, 0.25) is 0 Å². The number of nitriles is 1. The Kier molecular flexibility index (Phi) is 6.36. The third-order valence-electron chi connectivity index (χ3n) is 4.54. The summed E-state index contributed by atoms with van der Waals surface area (Å²) in [5.41, 5.74) is -6.58. The zero-order valence-corrected chi connectivity index (χ0v) is 14.8. The number of aliphatic hydroxyl groups excluding tert-OH is 2. The van der Waals surface area contributed by atoms with Gasteiger partial charge in [0.15, 0.2) is 6.30 Å². The topological polar surface area (TPSA) is 192 Å². The van der Waals surface area contributed by atoms with Gasteiger partial charge >= 0.3 is 11.6 Å². The molecule has 0 aromatic carbocycles. The van der Waals surface area contributed by atoms with Gasteiger partial charge in [-0.25, -0.2) is 13.8 Å². The van der Waals surface area contributed by atoms with Crippen molar-refractivity contribution in [3.05, 3.63) is 32.6 Å². The molecule has 0 saturated carbocycles. The molecular formula is C15H21FN4O8. The highest BCUT2D eigenvalue weighted by atomic mass is 19.1. The number of rotatable bonds is 7. The molecule has 12 nitrogen and oxygen atoms in total. The summed E-state index contributed by atoms with van der Waals surface area (Å²) in [6.07, 6.45) is -5.37. The molecule has 156 valence electrons. The highest BCUT2D eigenvalue weighted by Gasteiger charge is 2.71. The number of aliphatic hydroxyl groups is 4. The van der Waals surface area contributed by atoms with Gasteiger partial charge in [0.05, 0.1) is 6.61 Å². The van der Waals surface area contributed by atoms with Crippen LogP contribution in [0.15, 0.2) is 15.8 Å². The second-order valence-corrected chi connectivity index (χ2v) is 6.32. The van der Waals surface area contributed by atoms with Crippen molar-refractivity contribution < 1.29 is 34.8 Å². The van der Waals surface area contributed by atoms with Crippen LogP contribution in [0.25, 0.3) is 0 Å². The molecule has 1 aliphatic rings. The summed E-state index contributed by atoms with van der Waals surface area (Å²) in [6.45, 7) is 0.743. The van der Waals surface area contributed by atoms with Crippen LogP contribution < -0.4 is 11.2 Å². The maximum Gasteiger partial charge on any atom is 0.332 e. The molecule has 0 bridgehead atoms. The number of hydrogen-bond donors (Lipinski definition) is 6. The van der Waals surface area contributed by atoms with E-state index in [1.807, 2.05) is 0 Å². The number of ether oxygens (including phenoxy) is 1. The Morgan fingerprint density at radius 2 is 2.14 bits per heavy atom. The molecule has 13 heteroatoms. The van der Waals surface area contributed by atoms with Crippen LogP contribution in [0.5, 0.6) is 0 Å². The summed E-state index contributed by atoms with van der Waals surface area (Å²) in [5.74, 6) is -3.38. The van der Waals surface area contributed by atoms with Crippen LogP contribution in [-0.4, -0.2) is 71.1 Å². The summed E-state index contributed by atoms with van der Waals surface area (Å²) in [7, 11) is 0. The van der Waals surface area contributed by atoms with Crippen molar-refractivity contribution in [3.8, 4) is 6.07 Å². The first-order chi connectivity index (χ1) is 13.1. The van der Waals surface area contributed by atoms with Crippen molar-refractivity contribution >= 4 is 0 Å².